The number of para-hydroxylation sites is 1. The molecule has 178 valence electrons. The van der Waals surface area contributed by atoms with Crippen LogP contribution in [0.5, 0.6) is 11.6 Å². The van der Waals surface area contributed by atoms with Crippen molar-refractivity contribution in [2.75, 3.05) is 6.61 Å². The predicted octanol–water partition coefficient (Wildman–Crippen LogP) is 5.40. The van der Waals surface area contributed by atoms with Crippen LogP contribution in [0.15, 0.2) is 60.1 Å². The number of hydrogen-bond donors (Lipinski definition) is 2. The van der Waals surface area contributed by atoms with Crippen LogP contribution in [0.25, 0.3) is 10.9 Å². The number of rotatable bonds is 6. The summed E-state index contributed by atoms with van der Waals surface area (Å²) in [5, 5.41) is 18.3. The van der Waals surface area contributed by atoms with E-state index in [9.17, 15) is 5.26 Å². The number of H-pyrrole nitrogens is 1. The Morgan fingerprint density at radius 3 is 2.80 bits per heavy atom. The maximum atomic E-state index is 9.96. The summed E-state index contributed by atoms with van der Waals surface area (Å²) in [6.07, 6.45) is 2.10. The van der Waals surface area contributed by atoms with Crippen molar-refractivity contribution in [3.05, 3.63) is 88.1 Å². The van der Waals surface area contributed by atoms with Crippen molar-refractivity contribution in [2.24, 2.45) is 5.73 Å². The van der Waals surface area contributed by atoms with E-state index in [0.29, 0.717) is 30.5 Å². The first-order chi connectivity index (χ1) is 16.9. The third-order valence-electron chi connectivity index (χ3n) is 6.64. The molecule has 1 atom stereocenters. The second-order valence-electron chi connectivity index (χ2n) is 9.33. The molecule has 0 saturated carbocycles. The molecule has 0 aliphatic carbocycles. The summed E-state index contributed by atoms with van der Waals surface area (Å²) in [4.78, 5) is 0. The first-order valence-corrected chi connectivity index (χ1v) is 11.8. The molecule has 1 aliphatic rings. The number of hydrogen-bond acceptors (Lipinski definition) is 5. The van der Waals surface area contributed by atoms with Crippen molar-refractivity contribution < 1.29 is 9.47 Å². The first-order valence-electron chi connectivity index (χ1n) is 11.8. The molecule has 0 fully saturated rings. The van der Waals surface area contributed by atoms with E-state index in [2.05, 4.69) is 78.1 Å². The van der Waals surface area contributed by atoms with Crippen molar-refractivity contribution in [3.63, 3.8) is 0 Å². The van der Waals surface area contributed by atoms with Gasteiger partial charge < -0.3 is 19.8 Å². The minimum absolute atomic E-state index is 0.0947. The Kier molecular flexibility index (Phi) is 5.73. The van der Waals surface area contributed by atoms with Crippen LogP contribution in [0, 0.1) is 25.2 Å². The Morgan fingerprint density at radius 1 is 1.23 bits per heavy atom. The highest BCUT2D eigenvalue weighted by atomic mass is 16.5. The summed E-state index contributed by atoms with van der Waals surface area (Å²) < 4.78 is 14.1. The van der Waals surface area contributed by atoms with Gasteiger partial charge in [0.05, 0.1) is 12.5 Å². The lowest BCUT2D eigenvalue weighted by Gasteiger charge is -2.23. The van der Waals surface area contributed by atoms with Crippen LogP contribution in [-0.4, -0.2) is 21.4 Å². The number of nitrogens with one attached hydrogen (secondary N) is 1. The molecule has 35 heavy (non-hydrogen) atoms. The number of benzene rings is 2. The zero-order chi connectivity index (χ0) is 24.7. The number of aryl methyl sites for hydroxylation is 2. The quantitative estimate of drug-likeness (QED) is 0.395. The van der Waals surface area contributed by atoms with E-state index in [0.717, 1.165) is 33.5 Å². The van der Waals surface area contributed by atoms with Gasteiger partial charge in [0.15, 0.2) is 0 Å². The lowest BCUT2D eigenvalue weighted by molar-refractivity contribution is 0.296. The molecule has 3 heterocycles. The third kappa shape index (κ3) is 3.91. The molecule has 0 saturated heterocycles. The Morgan fingerprint density at radius 2 is 2.03 bits per heavy atom. The van der Waals surface area contributed by atoms with Gasteiger partial charge in [-0.05, 0) is 48.6 Å². The molecule has 0 bridgehead atoms. The molecule has 7 nitrogen and oxygen atoms in total. The van der Waals surface area contributed by atoms with Gasteiger partial charge in [-0.25, -0.2) is 0 Å². The van der Waals surface area contributed by atoms with Gasteiger partial charge in [0.25, 0.3) is 0 Å². The van der Waals surface area contributed by atoms with E-state index < -0.39 is 0 Å². The van der Waals surface area contributed by atoms with Gasteiger partial charge in [-0.1, -0.05) is 44.2 Å². The van der Waals surface area contributed by atoms with Gasteiger partial charge in [0.1, 0.15) is 24.0 Å². The van der Waals surface area contributed by atoms with Gasteiger partial charge in [-0.2, -0.15) is 5.26 Å². The average molecular weight is 468 g/mol. The van der Waals surface area contributed by atoms with Crippen LogP contribution in [0.4, 0.5) is 0 Å². The van der Waals surface area contributed by atoms with Crippen LogP contribution in [0.2, 0.25) is 0 Å². The zero-order valence-electron chi connectivity index (χ0n) is 20.4. The number of aromatic amines is 1. The lowest BCUT2D eigenvalue weighted by Crippen LogP contribution is -2.21. The smallest absolute Gasteiger partial charge is 0.244 e. The average Bonchev–Trinajstić information content (AvgIpc) is 3.38. The van der Waals surface area contributed by atoms with E-state index >= 15 is 0 Å². The fraction of sp³-hybridized carbons (Fsp3) is 0.286. The van der Waals surface area contributed by atoms with E-state index in [1.165, 1.54) is 11.1 Å². The predicted molar refractivity (Wildman–Crippen MR) is 135 cm³/mol. The number of fused-ring (bicyclic) bond motifs is 2. The van der Waals surface area contributed by atoms with Crippen LogP contribution in [0.3, 0.4) is 0 Å². The Bertz CT molecular complexity index is 1490. The number of ether oxygens (including phenoxy) is 2. The van der Waals surface area contributed by atoms with Gasteiger partial charge >= 0.3 is 0 Å². The van der Waals surface area contributed by atoms with E-state index in [-0.39, 0.29) is 11.8 Å². The number of aromatic nitrogens is 3. The molecule has 0 spiro atoms. The van der Waals surface area contributed by atoms with Crippen LogP contribution < -0.4 is 15.2 Å². The van der Waals surface area contributed by atoms with E-state index in [1.807, 2.05) is 19.1 Å². The molecule has 0 amide bonds. The molecule has 2 aromatic carbocycles. The Labute approximate surface area is 204 Å². The largest absolute Gasteiger partial charge is 0.491 e. The van der Waals surface area contributed by atoms with Crippen LogP contribution in [-0.2, 0) is 6.54 Å². The minimum Gasteiger partial charge on any atom is -0.491 e. The summed E-state index contributed by atoms with van der Waals surface area (Å²) in [5.41, 5.74) is 12.7. The van der Waals surface area contributed by atoms with Crippen molar-refractivity contribution in [3.8, 4) is 17.7 Å². The SMILES string of the molecule is Cc1ccc(C(C)C)c(OCCn2cc(C3C(C#N)=C(N)Oc4n[nH]c(C)c43)c3ccccc32)c1. The molecule has 1 unspecified atom stereocenters. The fourth-order valence-electron chi connectivity index (χ4n) is 4.90. The summed E-state index contributed by atoms with van der Waals surface area (Å²) >= 11 is 0. The number of nitrogens with two attached hydrogens (primary N) is 1. The normalized spacial score (nSPS) is 15.3. The highest BCUT2D eigenvalue weighted by Gasteiger charge is 2.35. The molecular formula is C28H29N5O2. The van der Waals surface area contributed by atoms with E-state index in [1.54, 1.807) is 0 Å². The van der Waals surface area contributed by atoms with Crippen molar-refractivity contribution in [2.45, 2.75) is 46.1 Å². The lowest BCUT2D eigenvalue weighted by atomic mass is 9.84. The topological polar surface area (TPSA) is 102 Å². The summed E-state index contributed by atoms with van der Waals surface area (Å²) in [6.45, 7) is 9.54. The van der Waals surface area contributed by atoms with Gasteiger partial charge in [-0.15, -0.1) is 5.10 Å². The van der Waals surface area contributed by atoms with Crippen molar-refractivity contribution >= 4 is 10.9 Å². The van der Waals surface area contributed by atoms with Gasteiger partial charge in [0.2, 0.25) is 11.8 Å². The van der Waals surface area contributed by atoms with Crippen LogP contribution >= 0.6 is 0 Å². The highest BCUT2D eigenvalue weighted by molar-refractivity contribution is 5.86. The minimum atomic E-state index is -0.362. The molecule has 2 aromatic heterocycles. The number of nitriles is 1. The second-order valence-corrected chi connectivity index (χ2v) is 9.33. The summed E-state index contributed by atoms with van der Waals surface area (Å²) in [7, 11) is 0. The molecule has 7 heteroatoms. The molecule has 3 N–H and O–H groups in total. The Hall–Kier alpha value is -4.18. The summed E-state index contributed by atoms with van der Waals surface area (Å²) in [5.74, 6) is 1.47. The molecule has 5 rings (SSSR count). The van der Waals surface area contributed by atoms with Crippen molar-refractivity contribution in [1.82, 2.24) is 14.8 Å². The maximum absolute atomic E-state index is 9.96. The molecular weight excluding hydrogens is 438 g/mol. The number of allylic oxidation sites excluding steroid dienone is 1. The molecule has 1 aliphatic heterocycles. The first kappa shape index (κ1) is 22.6. The fourth-order valence-corrected chi connectivity index (χ4v) is 4.90. The van der Waals surface area contributed by atoms with Gasteiger partial charge in [0, 0.05) is 28.4 Å². The van der Waals surface area contributed by atoms with Crippen LogP contribution in [0.1, 0.15) is 53.6 Å². The molecule has 4 aromatic rings. The zero-order valence-corrected chi connectivity index (χ0v) is 20.4. The van der Waals surface area contributed by atoms with Crippen molar-refractivity contribution in [1.29, 1.82) is 5.26 Å². The monoisotopic (exact) mass is 467 g/mol. The highest BCUT2D eigenvalue weighted by Crippen LogP contribution is 2.45. The summed E-state index contributed by atoms with van der Waals surface area (Å²) in [6, 6.07) is 16.9. The Balaban J connectivity index is 1.52. The molecule has 0 radical (unpaired) electrons. The maximum Gasteiger partial charge on any atom is 0.244 e. The van der Waals surface area contributed by atoms with Gasteiger partial charge in [-0.3, -0.25) is 5.10 Å². The van der Waals surface area contributed by atoms with E-state index in [4.69, 9.17) is 15.2 Å². The third-order valence-corrected chi connectivity index (χ3v) is 6.64. The number of nitrogens with zero attached hydrogens (tertiary/aromatic N) is 3. The standard InChI is InChI=1S/C28H29N5O2/c1-16(2)19-10-9-17(3)13-24(19)34-12-11-33-15-22(20-7-5-6-8-23(20)33)26-21(14-29)27(30)35-28-25(26)18(4)31-32-28/h5-10,13,15-16,26H,11-12,30H2,1-4H3,(H,31,32). The second kappa shape index (κ2) is 8.88.